The van der Waals surface area contributed by atoms with Gasteiger partial charge in [-0.2, -0.15) is 0 Å². The molecule has 0 bridgehead atoms. The molecule has 0 aliphatic carbocycles. The van der Waals surface area contributed by atoms with Crippen LogP contribution in [0.1, 0.15) is 20.3 Å². The number of benzene rings is 1. The third-order valence-electron chi connectivity index (χ3n) is 2.48. The first-order valence-electron chi connectivity index (χ1n) is 6.41. The van der Waals surface area contributed by atoms with Crippen LogP contribution in [0.25, 0.3) is 0 Å². The van der Waals surface area contributed by atoms with Crippen LogP contribution in [0.4, 0.5) is 5.69 Å². The molecule has 0 radical (unpaired) electrons. The highest BCUT2D eigenvalue weighted by Crippen LogP contribution is 2.19. The lowest BCUT2D eigenvalue weighted by Gasteiger charge is -2.17. The summed E-state index contributed by atoms with van der Waals surface area (Å²) in [6.45, 7) is 6.20. The van der Waals surface area contributed by atoms with Gasteiger partial charge in [-0.25, -0.2) is 0 Å². The average molecular weight is 269 g/mol. The second kappa shape index (κ2) is 9.25. The quantitative estimate of drug-likeness (QED) is 0.548. The first-order valence-corrected chi connectivity index (χ1v) is 7.63. The summed E-state index contributed by atoms with van der Waals surface area (Å²) < 4.78 is 11.0. The Balaban J connectivity index is 2.34. The number of hydrogen-bond donors (Lipinski definition) is 1. The molecule has 0 heterocycles. The minimum atomic E-state index is -0.101. The van der Waals surface area contributed by atoms with Crippen LogP contribution in [0.5, 0.6) is 0 Å². The van der Waals surface area contributed by atoms with Crippen molar-refractivity contribution in [3.05, 3.63) is 24.3 Å². The molecule has 1 aromatic rings. The third-order valence-corrected chi connectivity index (χ3v) is 3.21. The lowest BCUT2D eigenvalue weighted by atomic mass is 10.3. The largest absolute Gasteiger partial charge is 0.385 e. The summed E-state index contributed by atoms with van der Waals surface area (Å²) >= 11 is 1.75. The van der Waals surface area contributed by atoms with Crippen molar-refractivity contribution in [1.29, 1.82) is 0 Å². The molecule has 0 atom stereocenters. The molecule has 0 saturated heterocycles. The molecule has 0 amide bonds. The van der Waals surface area contributed by atoms with E-state index in [4.69, 9.17) is 9.47 Å². The van der Waals surface area contributed by atoms with Crippen molar-refractivity contribution in [3.63, 3.8) is 0 Å². The Morgan fingerprint density at radius 2 is 1.94 bits per heavy atom. The number of anilines is 1. The Hall–Kier alpha value is -0.710. The molecular formula is C14H23NO2S. The number of ether oxygens (including phenoxy) is 2. The van der Waals surface area contributed by atoms with Crippen molar-refractivity contribution in [3.8, 4) is 0 Å². The topological polar surface area (TPSA) is 30.5 Å². The van der Waals surface area contributed by atoms with Crippen LogP contribution in [0.15, 0.2) is 29.2 Å². The Morgan fingerprint density at radius 1 is 1.22 bits per heavy atom. The summed E-state index contributed by atoms with van der Waals surface area (Å²) in [5.74, 6) is 0. The first kappa shape index (κ1) is 15.3. The molecule has 102 valence electrons. The molecule has 0 unspecified atom stereocenters. The van der Waals surface area contributed by atoms with E-state index in [1.807, 2.05) is 13.8 Å². The fourth-order valence-electron chi connectivity index (χ4n) is 1.65. The van der Waals surface area contributed by atoms with Gasteiger partial charge in [0.1, 0.15) is 0 Å². The van der Waals surface area contributed by atoms with Crippen molar-refractivity contribution in [2.24, 2.45) is 0 Å². The Morgan fingerprint density at radius 3 is 2.56 bits per heavy atom. The summed E-state index contributed by atoms with van der Waals surface area (Å²) in [6.07, 6.45) is 2.83. The van der Waals surface area contributed by atoms with Gasteiger partial charge in [0.25, 0.3) is 0 Å². The van der Waals surface area contributed by atoms with Crippen LogP contribution in [0.2, 0.25) is 0 Å². The van der Waals surface area contributed by atoms with E-state index in [0.29, 0.717) is 13.2 Å². The van der Waals surface area contributed by atoms with E-state index in [0.717, 1.165) is 18.7 Å². The zero-order valence-electron chi connectivity index (χ0n) is 11.4. The lowest BCUT2D eigenvalue weighted by molar-refractivity contribution is -0.137. The summed E-state index contributed by atoms with van der Waals surface area (Å²) in [4.78, 5) is 1.27. The van der Waals surface area contributed by atoms with Gasteiger partial charge in [0, 0.05) is 36.8 Å². The Labute approximate surface area is 114 Å². The summed E-state index contributed by atoms with van der Waals surface area (Å²) in [5, 5.41) is 3.39. The van der Waals surface area contributed by atoms with Crippen molar-refractivity contribution in [2.75, 3.05) is 31.3 Å². The van der Waals surface area contributed by atoms with Crippen LogP contribution < -0.4 is 5.32 Å². The minimum absolute atomic E-state index is 0.101. The van der Waals surface area contributed by atoms with E-state index < -0.39 is 0 Å². The standard InChI is InChI=1S/C14H23NO2S/c1-4-16-14(17-5-2)9-10-15-12-7-6-8-13(11-12)18-3/h6-8,11,14-15H,4-5,9-10H2,1-3H3. The summed E-state index contributed by atoms with van der Waals surface area (Å²) in [7, 11) is 0. The molecule has 4 heteroatoms. The fraction of sp³-hybridized carbons (Fsp3) is 0.571. The van der Waals surface area contributed by atoms with Gasteiger partial charge in [0.2, 0.25) is 0 Å². The maximum absolute atomic E-state index is 5.50. The molecular weight excluding hydrogens is 246 g/mol. The SMILES string of the molecule is CCOC(CCNc1cccc(SC)c1)OCC. The monoisotopic (exact) mass is 269 g/mol. The molecule has 1 N–H and O–H groups in total. The van der Waals surface area contributed by atoms with Gasteiger partial charge < -0.3 is 14.8 Å². The average Bonchev–Trinajstić information content (AvgIpc) is 2.39. The molecule has 0 saturated carbocycles. The number of rotatable bonds is 9. The molecule has 1 rings (SSSR count). The third kappa shape index (κ3) is 5.76. The normalized spacial score (nSPS) is 10.9. The molecule has 0 aliphatic heterocycles. The van der Waals surface area contributed by atoms with Crippen LogP contribution in [-0.4, -0.2) is 32.3 Å². The predicted molar refractivity (Wildman–Crippen MR) is 78.4 cm³/mol. The van der Waals surface area contributed by atoms with Crippen LogP contribution in [-0.2, 0) is 9.47 Å². The first-order chi connectivity index (χ1) is 8.80. The maximum atomic E-state index is 5.50. The van der Waals surface area contributed by atoms with Gasteiger partial charge in [0.15, 0.2) is 6.29 Å². The highest BCUT2D eigenvalue weighted by atomic mass is 32.2. The fourth-order valence-corrected chi connectivity index (χ4v) is 2.11. The van der Waals surface area contributed by atoms with Gasteiger partial charge in [0.05, 0.1) is 0 Å². The van der Waals surface area contributed by atoms with Gasteiger partial charge in [-0.15, -0.1) is 11.8 Å². The maximum Gasteiger partial charge on any atom is 0.159 e. The van der Waals surface area contributed by atoms with E-state index in [1.54, 1.807) is 11.8 Å². The summed E-state index contributed by atoms with van der Waals surface area (Å²) in [5.41, 5.74) is 1.15. The lowest BCUT2D eigenvalue weighted by Crippen LogP contribution is -2.21. The smallest absolute Gasteiger partial charge is 0.159 e. The molecule has 1 aromatic carbocycles. The van der Waals surface area contributed by atoms with E-state index >= 15 is 0 Å². The molecule has 0 aliphatic rings. The molecule has 18 heavy (non-hydrogen) atoms. The molecule has 0 spiro atoms. The van der Waals surface area contributed by atoms with Crippen LogP contribution >= 0.6 is 11.8 Å². The van der Waals surface area contributed by atoms with E-state index in [1.165, 1.54) is 4.90 Å². The second-order valence-corrected chi connectivity index (χ2v) is 4.67. The van der Waals surface area contributed by atoms with Gasteiger partial charge in [-0.05, 0) is 38.3 Å². The number of hydrogen-bond acceptors (Lipinski definition) is 4. The minimum Gasteiger partial charge on any atom is -0.385 e. The highest BCUT2D eigenvalue weighted by molar-refractivity contribution is 7.98. The second-order valence-electron chi connectivity index (χ2n) is 3.79. The van der Waals surface area contributed by atoms with Crippen molar-refractivity contribution in [2.45, 2.75) is 31.5 Å². The molecule has 0 aromatic heterocycles. The van der Waals surface area contributed by atoms with Crippen molar-refractivity contribution >= 4 is 17.4 Å². The van der Waals surface area contributed by atoms with E-state index in [2.05, 4.69) is 35.8 Å². The molecule has 3 nitrogen and oxygen atoms in total. The van der Waals surface area contributed by atoms with Gasteiger partial charge in [-0.3, -0.25) is 0 Å². The Bertz CT molecular complexity index is 327. The van der Waals surface area contributed by atoms with Crippen molar-refractivity contribution < 1.29 is 9.47 Å². The molecule has 0 fully saturated rings. The van der Waals surface area contributed by atoms with Gasteiger partial charge in [-0.1, -0.05) is 6.07 Å². The number of thioether (sulfide) groups is 1. The predicted octanol–water partition coefficient (Wildman–Crippen LogP) is 3.61. The zero-order chi connectivity index (χ0) is 13.2. The van der Waals surface area contributed by atoms with Gasteiger partial charge >= 0.3 is 0 Å². The highest BCUT2D eigenvalue weighted by Gasteiger charge is 2.06. The van der Waals surface area contributed by atoms with Crippen LogP contribution in [0, 0.1) is 0 Å². The van der Waals surface area contributed by atoms with Crippen LogP contribution in [0.3, 0.4) is 0 Å². The van der Waals surface area contributed by atoms with E-state index in [9.17, 15) is 0 Å². The zero-order valence-corrected chi connectivity index (χ0v) is 12.3. The van der Waals surface area contributed by atoms with E-state index in [-0.39, 0.29) is 6.29 Å². The summed E-state index contributed by atoms with van der Waals surface area (Å²) in [6, 6.07) is 8.41. The number of nitrogens with one attached hydrogen (secondary N) is 1. The Kier molecular flexibility index (Phi) is 7.89. The van der Waals surface area contributed by atoms with Crippen molar-refractivity contribution in [1.82, 2.24) is 0 Å².